The lowest BCUT2D eigenvalue weighted by molar-refractivity contribution is 0.415. The highest BCUT2D eigenvalue weighted by atomic mass is 32.2. The number of ether oxygens (including phenoxy) is 1. The Morgan fingerprint density at radius 1 is 1.12 bits per heavy atom. The van der Waals surface area contributed by atoms with Gasteiger partial charge in [-0.1, -0.05) is 6.07 Å². The molecule has 0 bridgehead atoms. The predicted octanol–water partition coefficient (Wildman–Crippen LogP) is 4.09. The molecule has 0 fully saturated rings. The Morgan fingerprint density at radius 2 is 2.04 bits per heavy atom. The van der Waals surface area contributed by atoms with Crippen LogP contribution >= 0.6 is 11.9 Å². The molecule has 0 saturated heterocycles. The maximum atomic E-state index is 5.30. The summed E-state index contributed by atoms with van der Waals surface area (Å²) in [4.78, 5) is 13.3. The molecule has 3 N–H and O–H groups in total. The van der Waals surface area contributed by atoms with Gasteiger partial charge in [0.05, 0.1) is 18.0 Å². The Bertz CT molecular complexity index is 1050. The van der Waals surface area contributed by atoms with E-state index in [1.165, 1.54) is 0 Å². The highest BCUT2D eigenvalue weighted by Gasteiger charge is 2.12. The molecule has 0 saturated carbocycles. The average molecular weight is 351 g/mol. The van der Waals surface area contributed by atoms with Crippen LogP contribution in [0.15, 0.2) is 53.7 Å². The summed E-state index contributed by atoms with van der Waals surface area (Å²) >= 11 is 1.57. The van der Waals surface area contributed by atoms with Crippen molar-refractivity contribution in [3.8, 4) is 5.75 Å². The number of benzene rings is 2. The number of methoxy groups -OCH3 is 1. The second kappa shape index (κ2) is 6.62. The van der Waals surface area contributed by atoms with Gasteiger partial charge >= 0.3 is 0 Å². The minimum atomic E-state index is 0.771. The lowest BCUT2D eigenvalue weighted by Gasteiger charge is -2.08. The highest BCUT2D eigenvalue weighted by molar-refractivity contribution is 7.97. The SMILES string of the molecule is CNSc1cccc(Nc2ncnc3[nH]c4cc(OC)ccc4c23)c1. The molecule has 4 rings (SSSR count). The van der Waals surface area contributed by atoms with E-state index in [9.17, 15) is 0 Å². The van der Waals surface area contributed by atoms with Gasteiger partial charge in [-0.15, -0.1) is 0 Å². The van der Waals surface area contributed by atoms with Gasteiger partial charge < -0.3 is 15.0 Å². The van der Waals surface area contributed by atoms with E-state index < -0.39 is 0 Å². The summed E-state index contributed by atoms with van der Waals surface area (Å²) in [6, 6.07) is 14.1. The molecule has 7 heteroatoms. The number of aromatic amines is 1. The van der Waals surface area contributed by atoms with E-state index in [0.29, 0.717) is 0 Å². The third-order valence-electron chi connectivity index (χ3n) is 3.91. The van der Waals surface area contributed by atoms with Gasteiger partial charge in [0.15, 0.2) is 0 Å². The van der Waals surface area contributed by atoms with Gasteiger partial charge in [0.25, 0.3) is 0 Å². The summed E-state index contributed by atoms with van der Waals surface area (Å²) in [5, 5.41) is 5.43. The molecule has 2 heterocycles. The minimum Gasteiger partial charge on any atom is -0.497 e. The number of H-pyrrole nitrogens is 1. The molecule has 0 unspecified atom stereocenters. The Morgan fingerprint density at radius 3 is 2.88 bits per heavy atom. The molecule has 2 aromatic carbocycles. The van der Waals surface area contributed by atoms with Crippen molar-refractivity contribution in [1.82, 2.24) is 19.7 Å². The maximum Gasteiger partial charge on any atom is 0.143 e. The van der Waals surface area contributed by atoms with Gasteiger partial charge in [0.2, 0.25) is 0 Å². The Labute approximate surface area is 149 Å². The number of hydrogen-bond acceptors (Lipinski definition) is 6. The Balaban J connectivity index is 1.80. The monoisotopic (exact) mass is 351 g/mol. The largest absolute Gasteiger partial charge is 0.497 e. The number of anilines is 2. The minimum absolute atomic E-state index is 0.771. The number of aromatic nitrogens is 3. The fraction of sp³-hybridized carbons (Fsp3) is 0.111. The van der Waals surface area contributed by atoms with Gasteiger partial charge in [-0.25, -0.2) is 9.97 Å². The first kappa shape index (κ1) is 15.7. The molecule has 6 nitrogen and oxygen atoms in total. The van der Waals surface area contributed by atoms with Gasteiger partial charge in [0, 0.05) is 22.0 Å². The van der Waals surface area contributed by atoms with Crippen LogP contribution in [0.5, 0.6) is 5.75 Å². The highest BCUT2D eigenvalue weighted by Crippen LogP contribution is 2.32. The lowest BCUT2D eigenvalue weighted by atomic mass is 10.2. The zero-order valence-corrected chi connectivity index (χ0v) is 14.6. The summed E-state index contributed by atoms with van der Waals surface area (Å²) in [7, 11) is 3.56. The van der Waals surface area contributed by atoms with Gasteiger partial charge in [-0.05, 0) is 49.3 Å². The molecule has 126 valence electrons. The van der Waals surface area contributed by atoms with E-state index in [1.54, 1.807) is 25.4 Å². The van der Waals surface area contributed by atoms with Crippen molar-refractivity contribution < 1.29 is 4.74 Å². The summed E-state index contributed by atoms with van der Waals surface area (Å²) in [5.41, 5.74) is 2.74. The summed E-state index contributed by atoms with van der Waals surface area (Å²) in [6.07, 6.45) is 1.56. The van der Waals surface area contributed by atoms with Gasteiger partial charge in [-0.3, -0.25) is 4.72 Å². The number of fused-ring (bicyclic) bond motifs is 3. The quantitative estimate of drug-likeness (QED) is 0.470. The van der Waals surface area contributed by atoms with Gasteiger partial charge in [-0.2, -0.15) is 0 Å². The molecule has 0 aliphatic carbocycles. The molecule has 0 spiro atoms. The van der Waals surface area contributed by atoms with Crippen molar-refractivity contribution in [2.75, 3.05) is 19.5 Å². The van der Waals surface area contributed by atoms with Crippen molar-refractivity contribution in [1.29, 1.82) is 0 Å². The number of nitrogens with one attached hydrogen (secondary N) is 3. The van der Waals surface area contributed by atoms with E-state index in [-0.39, 0.29) is 0 Å². The molecular formula is C18H17N5OS. The molecule has 2 aromatic heterocycles. The second-order valence-corrected chi connectivity index (χ2v) is 6.53. The van der Waals surface area contributed by atoms with Crippen molar-refractivity contribution >= 4 is 45.4 Å². The standard InChI is InChI=1S/C18H17N5OS/c1-19-25-13-5-3-4-11(8-13)22-17-16-14-7-6-12(24-2)9-15(14)23-18(16)21-10-20-17/h3-10,19H,1-2H3,(H2,20,21,22,23). The van der Waals surface area contributed by atoms with Crippen LogP contribution in [0.3, 0.4) is 0 Å². The van der Waals surface area contributed by atoms with Crippen molar-refractivity contribution in [2.45, 2.75) is 4.90 Å². The maximum absolute atomic E-state index is 5.30. The fourth-order valence-corrected chi connectivity index (χ4v) is 3.39. The molecule has 0 aliphatic rings. The van der Waals surface area contributed by atoms with Crippen LogP contribution in [-0.4, -0.2) is 29.1 Å². The first-order valence-electron chi connectivity index (χ1n) is 7.79. The van der Waals surface area contributed by atoms with Crippen molar-refractivity contribution in [3.63, 3.8) is 0 Å². The average Bonchev–Trinajstić information content (AvgIpc) is 3.01. The lowest BCUT2D eigenvalue weighted by Crippen LogP contribution is -1.96. The molecular weight excluding hydrogens is 334 g/mol. The van der Waals surface area contributed by atoms with Crippen molar-refractivity contribution in [2.24, 2.45) is 0 Å². The molecule has 25 heavy (non-hydrogen) atoms. The van der Waals surface area contributed by atoms with Crippen LogP contribution in [0, 0.1) is 0 Å². The van der Waals surface area contributed by atoms with Crippen LogP contribution < -0.4 is 14.8 Å². The fourth-order valence-electron chi connectivity index (χ4n) is 2.82. The van der Waals surface area contributed by atoms with E-state index in [2.05, 4.69) is 37.1 Å². The Kier molecular flexibility index (Phi) is 4.17. The normalized spacial score (nSPS) is 11.1. The summed E-state index contributed by atoms with van der Waals surface area (Å²) in [5.74, 6) is 1.58. The van der Waals surface area contributed by atoms with Crippen LogP contribution in [-0.2, 0) is 0 Å². The predicted molar refractivity (Wildman–Crippen MR) is 103 cm³/mol. The number of rotatable bonds is 5. The van der Waals surface area contributed by atoms with E-state index in [1.807, 2.05) is 37.4 Å². The van der Waals surface area contributed by atoms with Crippen LogP contribution in [0.4, 0.5) is 11.5 Å². The van der Waals surface area contributed by atoms with Crippen LogP contribution in [0.1, 0.15) is 0 Å². The zero-order chi connectivity index (χ0) is 17.2. The molecule has 0 amide bonds. The van der Waals surface area contributed by atoms with E-state index in [4.69, 9.17) is 4.74 Å². The van der Waals surface area contributed by atoms with E-state index in [0.717, 1.165) is 44.1 Å². The smallest absolute Gasteiger partial charge is 0.143 e. The number of hydrogen-bond donors (Lipinski definition) is 3. The molecule has 0 radical (unpaired) electrons. The third kappa shape index (κ3) is 2.99. The molecule has 4 aromatic rings. The van der Waals surface area contributed by atoms with Crippen LogP contribution in [0.25, 0.3) is 21.9 Å². The number of nitrogens with zero attached hydrogens (tertiary/aromatic N) is 2. The Hall–Kier alpha value is -2.77. The summed E-state index contributed by atoms with van der Waals surface area (Å²) < 4.78 is 8.38. The first-order chi connectivity index (χ1) is 12.3. The van der Waals surface area contributed by atoms with Gasteiger partial charge in [0.1, 0.15) is 23.5 Å². The second-order valence-electron chi connectivity index (χ2n) is 5.44. The zero-order valence-electron chi connectivity index (χ0n) is 13.8. The van der Waals surface area contributed by atoms with Crippen LogP contribution in [0.2, 0.25) is 0 Å². The van der Waals surface area contributed by atoms with Crippen molar-refractivity contribution in [3.05, 3.63) is 48.8 Å². The topological polar surface area (TPSA) is 74.9 Å². The molecule has 0 atom stereocenters. The third-order valence-corrected chi connectivity index (χ3v) is 4.61. The van der Waals surface area contributed by atoms with E-state index >= 15 is 0 Å². The molecule has 0 aliphatic heterocycles. The summed E-state index contributed by atoms with van der Waals surface area (Å²) in [6.45, 7) is 0. The first-order valence-corrected chi connectivity index (χ1v) is 8.61.